The molecule has 1 unspecified atom stereocenters. The van der Waals surface area contributed by atoms with Gasteiger partial charge in [0.25, 0.3) is 5.91 Å². The van der Waals surface area contributed by atoms with Gasteiger partial charge in [-0.25, -0.2) is 0 Å². The highest BCUT2D eigenvalue weighted by Gasteiger charge is 2.24. The summed E-state index contributed by atoms with van der Waals surface area (Å²) >= 11 is 0. The zero-order chi connectivity index (χ0) is 19.2. The molecule has 2 aliphatic rings. The average molecular weight is 372 g/mol. The molecule has 1 atom stereocenters. The van der Waals surface area contributed by atoms with Crippen LogP contribution in [0, 0.1) is 6.92 Å². The van der Waals surface area contributed by atoms with E-state index in [2.05, 4.69) is 17.6 Å². The maximum absolute atomic E-state index is 12.8. The zero-order valence-corrected chi connectivity index (χ0v) is 16.7. The smallest absolute Gasteiger partial charge is 0.254 e. The number of nitrogens with one attached hydrogen (secondary N) is 2. The maximum Gasteiger partial charge on any atom is 0.254 e. The van der Waals surface area contributed by atoms with Crippen LogP contribution in [0.1, 0.15) is 74.2 Å². The van der Waals surface area contributed by atoms with E-state index in [4.69, 9.17) is 0 Å². The largest absolute Gasteiger partial charge is 0.376 e. The van der Waals surface area contributed by atoms with Gasteiger partial charge in [0.15, 0.2) is 0 Å². The highest BCUT2D eigenvalue weighted by molar-refractivity contribution is 5.95. The van der Waals surface area contributed by atoms with Gasteiger partial charge in [0.05, 0.1) is 6.54 Å². The number of hydrogen-bond donors (Lipinski definition) is 2. The molecule has 1 aromatic carbocycles. The molecule has 0 aromatic heterocycles. The Labute approximate surface area is 162 Å². The van der Waals surface area contributed by atoms with Crippen LogP contribution in [0.15, 0.2) is 18.2 Å². The molecule has 1 saturated heterocycles. The van der Waals surface area contributed by atoms with Crippen molar-refractivity contribution < 1.29 is 9.59 Å². The van der Waals surface area contributed by atoms with Gasteiger partial charge in [-0.05, 0) is 69.7 Å². The van der Waals surface area contributed by atoms with E-state index in [0.29, 0.717) is 12.1 Å². The predicted octanol–water partition coefficient (Wildman–Crippen LogP) is 3.87. The number of aryl methyl sites for hydroxylation is 1. The number of nitrogens with zero attached hydrogens (tertiary/aromatic N) is 1. The first-order chi connectivity index (χ1) is 13.0. The van der Waals surface area contributed by atoms with Crippen LogP contribution in [-0.4, -0.2) is 41.9 Å². The van der Waals surface area contributed by atoms with Crippen molar-refractivity contribution in [3.63, 3.8) is 0 Å². The summed E-state index contributed by atoms with van der Waals surface area (Å²) in [4.78, 5) is 27.0. The summed E-state index contributed by atoms with van der Waals surface area (Å²) in [6.45, 7) is 5.23. The molecular formula is C22H33N3O2. The van der Waals surface area contributed by atoms with Crippen molar-refractivity contribution in [1.82, 2.24) is 10.2 Å². The SMILES string of the molecule is Cc1cc(C(=O)N2CCCCC2C)ccc1NCC(=O)NC1CCCCC1. The van der Waals surface area contributed by atoms with E-state index in [1.54, 1.807) is 0 Å². The number of carbonyl (C=O) groups is 2. The molecule has 0 bridgehead atoms. The Kier molecular flexibility index (Phi) is 6.75. The van der Waals surface area contributed by atoms with E-state index in [1.807, 2.05) is 30.0 Å². The lowest BCUT2D eigenvalue weighted by Crippen LogP contribution is -2.42. The van der Waals surface area contributed by atoms with Gasteiger partial charge in [0.1, 0.15) is 0 Å². The number of benzene rings is 1. The minimum atomic E-state index is 0.0450. The standard InChI is InChI=1S/C22H33N3O2/c1-16-14-18(22(27)25-13-7-6-8-17(25)2)11-12-20(16)23-15-21(26)24-19-9-4-3-5-10-19/h11-12,14,17,19,23H,3-10,13,15H2,1-2H3,(H,24,26). The molecule has 5 heteroatoms. The number of anilines is 1. The molecule has 148 valence electrons. The Balaban J connectivity index is 1.54. The summed E-state index contributed by atoms with van der Waals surface area (Å²) in [6, 6.07) is 6.38. The van der Waals surface area contributed by atoms with Crippen LogP contribution in [-0.2, 0) is 4.79 Å². The van der Waals surface area contributed by atoms with E-state index in [-0.39, 0.29) is 18.4 Å². The Hall–Kier alpha value is -2.04. The third kappa shape index (κ3) is 5.24. The monoisotopic (exact) mass is 371 g/mol. The molecule has 1 saturated carbocycles. The summed E-state index contributed by atoms with van der Waals surface area (Å²) < 4.78 is 0. The summed E-state index contributed by atoms with van der Waals surface area (Å²) in [5.74, 6) is 0.162. The fourth-order valence-corrected chi connectivity index (χ4v) is 4.26. The van der Waals surface area contributed by atoms with Crippen LogP contribution in [0.2, 0.25) is 0 Å². The first-order valence-corrected chi connectivity index (χ1v) is 10.5. The second-order valence-electron chi connectivity index (χ2n) is 8.13. The molecule has 2 N–H and O–H groups in total. The second-order valence-corrected chi connectivity index (χ2v) is 8.13. The number of likely N-dealkylation sites (tertiary alicyclic amines) is 1. The molecule has 2 amide bonds. The molecule has 1 heterocycles. The summed E-state index contributed by atoms with van der Waals surface area (Å²) in [5.41, 5.74) is 2.64. The fourth-order valence-electron chi connectivity index (χ4n) is 4.26. The van der Waals surface area contributed by atoms with Crippen LogP contribution in [0.4, 0.5) is 5.69 Å². The van der Waals surface area contributed by atoms with E-state index in [1.165, 1.54) is 25.7 Å². The molecule has 3 rings (SSSR count). The Bertz CT molecular complexity index is 668. The van der Waals surface area contributed by atoms with Crippen LogP contribution in [0.3, 0.4) is 0 Å². The lowest BCUT2D eigenvalue weighted by Gasteiger charge is -2.33. The van der Waals surface area contributed by atoms with Gasteiger partial charge >= 0.3 is 0 Å². The third-order valence-electron chi connectivity index (χ3n) is 5.95. The molecule has 27 heavy (non-hydrogen) atoms. The fraction of sp³-hybridized carbons (Fsp3) is 0.636. The van der Waals surface area contributed by atoms with E-state index >= 15 is 0 Å². The van der Waals surface area contributed by atoms with Crippen molar-refractivity contribution in [3.8, 4) is 0 Å². The molecule has 0 radical (unpaired) electrons. The van der Waals surface area contributed by atoms with Gasteiger partial charge in [0, 0.05) is 29.9 Å². The highest BCUT2D eigenvalue weighted by Crippen LogP contribution is 2.22. The minimum absolute atomic E-state index is 0.0450. The number of amides is 2. The van der Waals surface area contributed by atoms with Crippen LogP contribution < -0.4 is 10.6 Å². The quantitative estimate of drug-likeness (QED) is 0.826. The van der Waals surface area contributed by atoms with Crippen molar-refractivity contribution in [2.45, 2.75) is 77.3 Å². The number of rotatable bonds is 5. The van der Waals surface area contributed by atoms with Crippen molar-refractivity contribution in [2.75, 3.05) is 18.4 Å². The molecule has 1 aliphatic heterocycles. The lowest BCUT2D eigenvalue weighted by atomic mass is 9.95. The Morgan fingerprint density at radius 2 is 1.81 bits per heavy atom. The third-order valence-corrected chi connectivity index (χ3v) is 5.95. The van der Waals surface area contributed by atoms with Gasteiger partial charge in [0.2, 0.25) is 5.91 Å². The van der Waals surface area contributed by atoms with Crippen LogP contribution in [0.5, 0.6) is 0 Å². The molecule has 1 aromatic rings. The van der Waals surface area contributed by atoms with Gasteiger partial charge in [-0.1, -0.05) is 19.3 Å². The normalized spacial score (nSPS) is 21.0. The second kappa shape index (κ2) is 9.25. The van der Waals surface area contributed by atoms with Crippen molar-refractivity contribution >= 4 is 17.5 Å². The summed E-state index contributed by atoms with van der Waals surface area (Å²) in [6.07, 6.45) is 9.27. The topological polar surface area (TPSA) is 61.4 Å². The zero-order valence-electron chi connectivity index (χ0n) is 16.7. The first-order valence-electron chi connectivity index (χ1n) is 10.5. The van der Waals surface area contributed by atoms with Crippen molar-refractivity contribution in [3.05, 3.63) is 29.3 Å². The number of piperidine rings is 1. The number of hydrogen-bond acceptors (Lipinski definition) is 3. The maximum atomic E-state index is 12.8. The predicted molar refractivity (Wildman–Crippen MR) is 109 cm³/mol. The van der Waals surface area contributed by atoms with Crippen LogP contribution >= 0.6 is 0 Å². The van der Waals surface area contributed by atoms with Crippen LogP contribution in [0.25, 0.3) is 0 Å². The lowest BCUT2D eigenvalue weighted by molar-refractivity contribution is -0.120. The Morgan fingerprint density at radius 1 is 1.07 bits per heavy atom. The molecule has 2 fully saturated rings. The molecule has 5 nitrogen and oxygen atoms in total. The van der Waals surface area contributed by atoms with Gasteiger partial charge in [-0.2, -0.15) is 0 Å². The molecule has 1 aliphatic carbocycles. The molecule has 0 spiro atoms. The first kappa shape index (κ1) is 19.7. The van der Waals surface area contributed by atoms with E-state index < -0.39 is 0 Å². The van der Waals surface area contributed by atoms with E-state index in [9.17, 15) is 9.59 Å². The van der Waals surface area contributed by atoms with Crippen molar-refractivity contribution in [1.29, 1.82) is 0 Å². The Morgan fingerprint density at radius 3 is 2.52 bits per heavy atom. The average Bonchev–Trinajstić information content (AvgIpc) is 2.67. The van der Waals surface area contributed by atoms with Gasteiger partial charge in [-0.3, -0.25) is 9.59 Å². The molecular weight excluding hydrogens is 338 g/mol. The van der Waals surface area contributed by atoms with E-state index in [0.717, 1.165) is 49.0 Å². The highest BCUT2D eigenvalue weighted by atomic mass is 16.2. The minimum Gasteiger partial charge on any atom is -0.376 e. The summed E-state index contributed by atoms with van der Waals surface area (Å²) in [7, 11) is 0. The number of carbonyl (C=O) groups excluding carboxylic acids is 2. The van der Waals surface area contributed by atoms with Gasteiger partial charge in [-0.15, -0.1) is 0 Å². The van der Waals surface area contributed by atoms with Gasteiger partial charge < -0.3 is 15.5 Å². The van der Waals surface area contributed by atoms with Crippen molar-refractivity contribution in [2.24, 2.45) is 0 Å². The summed E-state index contributed by atoms with van der Waals surface area (Å²) in [5, 5.41) is 6.34.